The van der Waals surface area contributed by atoms with Gasteiger partial charge in [-0.2, -0.15) is 5.10 Å². The molecule has 6 nitrogen and oxygen atoms in total. The maximum absolute atomic E-state index is 12.5. The van der Waals surface area contributed by atoms with Crippen LogP contribution < -0.4 is 5.32 Å². The third kappa shape index (κ3) is 4.99. The van der Waals surface area contributed by atoms with E-state index in [2.05, 4.69) is 10.4 Å². The Balaban J connectivity index is 1.67. The zero-order valence-electron chi connectivity index (χ0n) is 17.6. The van der Waals surface area contributed by atoms with Gasteiger partial charge in [0.15, 0.2) is 9.84 Å². The summed E-state index contributed by atoms with van der Waals surface area (Å²) in [5.41, 5.74) is 2.76. The van der Waals surface area contributed by atoms with Crippen LogP contribution in [-0.2, 0) is 21.1 Å². The van der Waals surface area contributed by atoms with Crippen LogP contribution in [0.1, 0.15) is 41.7 Å². The number of amides is 1. The lowest BCUT2D eigenvalue weighted by Crippen LogP contribution is -2.32. The molecule has 0 aliphatic carbocycles. The zero-order chi connectivity index (χ0) is 21.9. The monoisotopic (exact) mass is 445 g/mol. The molecule has 30 heavy (non-hydrogen) atoms. The summed E-state index contributed by atoms with van der Waals surface area (Å²) in [7, 11) is -3.31. The molecular weight excluding hydrogens is 418 g/mol. The number of aromatic nitrogens is 2. The van der Waals surface area contributed by atoms with Crippen LogP contribution in [0.2, 0.25) is 0 Å². The van der Waals surface area contributed by atoms with Crippen molar-refractivity contribution >= 4 is 27.1 Å². The average Bonchev–Trinajstić information content (AvgIpc) is 3.32. The van der Waals surface area contributed by atoms with E-state index in [9.17, 15) is 13.2 Å². The Morgan fingerprint density at radius 3 is 2.40 bits per heavy atom. The van der Waals surface area contributed by atoms with Crippen LogP contribution in [-0.4, -0.2) is 35.9 Å². The van der Waals surface area contributed by atoms with Gasteiger partial charge in [0, 0.05) is 17.1 Å². The highest BCUT2D eigenvalue weighted by Gasteiger charge is 2.20. The fourth-order valence-corrected chi connectivity index (χ4v) is 5.15. The normalized spacial score (nSPS) is 12.8. The van der Waals surface area contributed by atoms with Gasteiger partial charge in [0.25, 0.3) is 0 Å². The van der Waals surface area contributed by atoms with E-state index < -0.39 is 15.1 Å². The number of nitrogens with zero attached hydrogens (tertiary/aromatic N) is 2. The number of aryl methyl sites for hydroxylation is 2. The lowest BCUT2D eigenvalue weighted by Gasteiger charge is -2.19. The summed E-state index contributed by atoms with van der Waals surface area (Å²) in [5, 5.41) is 9.14. The highest BCUT2D eigenvalue weighted by Crippen LogP contribution is 2.24. The second-order valence-electron chi connectivity index (χ2n) is 7.62. The lowest BCUT2D eigenvalue weighted by molar-refractivity contribution is -0.120. The highest BCUT2D eigenvalue weighted by atomic mass is 32.2. The zero-order valence-corrected chi connectivity index (χ0v) is 19.3. The predicted molar refractivity (Wildman–Crippen MR) is 120 cm³/mol. The van der Waals surface area contributed by atoms with Crippen molar-refractivity contribution in [2.24, 2.45) is 0 Å². The second-order valence-corrected chi connectivity index (χ2v) is 11.1. The van der Waals surface area contributed by atoms with Crippen molar-refractivity contribution < 1.29 is 13.2 Å². The Labute approximate surface area is 181 Å². The second kappa shape index (κ2) is 9.14. The molecule has 2 heterocycles. The van der Waals surface area contributed by atoms with E-state index >= 15 is 0 Å². The van der Waals surface area contributed by atoms with Crippen LogP contribution in [0.4, 0.5) is 0 Å². The van der Waals surface area contributed by atoms with Crippen molar-refractivity contribution in [3.05, 3.63) is 69.7 Å². The van der Waals surface area contributed by atoms with Gasteiger partial charge < -0.3 is 5.32 Å². The molecular formula is C22H27N3O3S2. The van der Waals surface area contributed by atoms with E-state index in [0.29, 0.717) is 6.54 Å². The molecule has 160 valence electrons. The first-order valence-electron chi connectivity index (χ1n) is 9.84. The number of nitrogens with one attached hydrogen (secondary N) is 1. The number of hydrogen-bond acceptors (Lipinski definition) is 5. The van der Waals surface area contributed by atoms with Gasteiger partial charge in [-0.15, -0.1) is 11.3 Å². The molecule has 1 unspecified atom stereocenters. The third-order valence-corrected chi connectivity index (χ3v) is 8.09. The van der Waals surface area contributed by atoms with Crippen LogP contribution in [0, 0.1) is 13.8 Å². The van der Waals surface area contributed by atoms with Gasteiger partial charge in [0.2, 0.25) is 5.91 Å². The molecule has 0 saturated heterocycles. The maximum Gasteiger partial charge on any atom is 0.224 e. The molecule has 0 spiro atoms. The van der Waals surface area contributed by atoms with E-state index in [1.165, 1.54) is 0 Å². The van der Waals surface area contributed by atoms with Crippen LogP contribution in [0.5, 0.6) is 0 Å². The summed E-state index contributed by atoms with van der Waals surface area (Å²) in [6.07, 6.45) is 0.191. The van der Waals surface area contributed by atoms with Crippen molar-refractivity contribution in [3.63, 3.8) is 0 Å². The van der Waals surface area contributed by atoms with Crippen molar-refractivity contribution in [1.82, 2.24) is 15.1 Å². The van der Waals surface area contributed by atoms with Crippen molar-refractivity contribution in [2.45, 2.75) is 50.3 Å². The Kier molecular flexibility index (Phi) is 6.77. The predicted octanol–water partition coefficient (Wildman–Crippen LogP) is 3.69. The van der Waals surface area contributed by atoms with Gasteiger partial charge in [-0.3, -0.25) is 9.48 Å². The summed E-state index contributed by atoms with van der Waals surface area (Å²) >= 11 is 1.64. The highest BCUT2D eigenvalue weighted by molar-refractivity contribution is 7.92. The minimum absolute atomic E-state index is 0.0683. The number of benzene rings is 1. The summed E-state index contributed by atoms with van der Waals surface area (Å²) in [4.78, 5) is 14.0. The summed E-state index contributed by atoms with van der Waals surface area (Å²) in [5.74, 6) is -0.113. The minimum Gasteiger partial charge on any atom is -0.353 e. The van der Waals surface area contributed by atoms with Gasteiger partial charge in [0.05, 0.1) is 22.3 Å². The smallest absolute Gasteiger partial charge is 0.224 e. The summed E-state index contributed by atoms with van der Waals surface area (Å²) in [6.45, 7) is 7.71. The molecule has 0 aliphatic heterocycles. The van der Waals surface area contributed by atoms with Gasteiger partial charge >= 0.3 is 0 Å². The molecule has 3 aromatic rings. The molecule has 1 N–H and O–H groups in total. The molecule has 0 fully saturated rings. The fraction of sp³-hybridized carbons (Fsp3) is 0.364. The van der Waals surface area contributed by atoms with Gasteiger partial charge in [-0.1, -0.05) is 18.2 Å². The number of carbonyl (C=O) groups excluding carboxylic acids is 1. The molecule has 0 radical (unpaired) electrons. The average molecular weight is 446 g/mol. The Morgan fingerprint density at radius 1 is 1.17 bits per heavy atom. The number of rotatable bonds is 8. The lowest BCUT2D eigenvalue weighted by atomic mass is 10.1. The van der Waals surface area contributed by atoms with E-state index in [-0.39, 0.29) is 23.3 Å². The summed E-state index contributed by atoms with van der Waals surface area (Å²) in [6, 6.07) is 12.5. The van der Waals surface area contributed by atoms with Crippen molar-refractivity contribution in [2.75, 3.05) is 6.54 Å². The molecule has 2 aromatic heterocycles. The van der Waals surface area contributed by atoms with E-state index in [0.717, 1.165) is 21.8 Å². The number of sulfone groups is 1. The molecule has 8 heteroatoms. The largest absolute Gasteiger partial charge is 0.353 e. The van der Waals surface area contributed by atoms with Crippen LogP contribution in [0.15, 0.2) is 52.7 Å². The maximum atomic E-state index is 12.5. The first-order chi connectivity index (χ1) is 14.2. The topological polar surface area (TPSA) is 81.1 Å². The quantitative estimate of drug-likeness (QED) is 0.573. The first kappa shape index (κ1) is 22.2. The first-order valence-corrected chi connectivity index (χ1v) is 12.3. The van der Waals surface area contributed by atoms with E-state index in [1.807, 2.05) is 42.1 Å². The Bertz CT molecular complexity index is 1100. The number of thiophene rings is 1. The van der Waals surface area contributed by atoms with Crippen LogP contribution in [0.25, 0.3) is 0 Å². The Hall–Kier alpha value is -2.45. The molecule has 0 saturated carbocycles. The molecule has 1 aromatic carbocycles. The minimum atomic E-state index is -3.31. The summed E-state index contributed by atoms with van der Waals surface area (Å²) < 4.78 is 26.4. The van der Waals surface area contributed by atoms with E-state index in [4.69, 9.17) is 0 Å². The van der Waals surface area contributed by atoms with Crippen molar-refractivity contribution in [1.29, 1.82) is 0 Å². The molecule has 0 bridgehead atoms. The molecule has 1 atom stereocenters. The number of carbonyl (C=O) groups is 1. The molecule has 1 amide bonds. The SMILES string of the molecule is Cc1cc(C)n(C(CNC(=O)Cc2ccc(S(=O)(=O)C(C)C)cc2)c2cccs2)n1. The van der Waals surface area contributed by atoms with Gasteiger partial charge in [-0.05, 0) is 62.9 Å². The van der Waals surface area contributed by atoms with Crippen LogP contribution >= 0.6 is 11.3 Å². The molecule has 3 rings (SSSR count). The third-order valence-electron chi connectivity index (χ3n) is 4.94. The standard InChI is InChI=1S/C22H27N3O3S2/c1-15(2)30(27,28)19-9-7-18(8-10-19)13-22(26)23-14-20(21-6-5-11-29-21)25-17(4)12-16(3)24-25/h5-12,15,20H,13-14H2,1-4H3,(H,23,26). The van der Waals surface area contributed by atoms with Crippen LogP contribution in [0.3, 0.4) is 0 Å². The number of hydrogen-bond donors (Lipinski definition) is 1. The van der Waals surface area contributed by atoms with Gasteiger partial charge in [-0.25, -0.2) is 8.42 Å². The Morgan fingerprint density at radius 2 is 1.87 bits per heavy atom. The van der Waals surface area contributed by atoms with Crippen molar-refractivity contribution in [3.8, 4) is 0 Å². The fourth-order valence-electron chi connectivity index (χ4n) is 3.28. The molecule has 0 aliphatic rings. The van der Waals surface area contributed by atoms with E-state index in [1.54, 1.807) is 49.4 Å². The van der Waals surface area contributed by atoms with Gasteiger partial charge in [0.1, 0.15) is 6.04 Å².